The molecule has 0 unspecified atom stereocenters. The molecule has 1 aliphatic heterocycles. The number of piperazine rings is 1. The highest BCUT2D eigenvalue weighted by molar-refractivity contribution is 5.97. The number of halogens is 2. The van der Waals surface area contributed by atoms with Crippen LogP contribution < -0.4 is 10.6 Å². The van der Waals surface area contributed by atoms with E-state index in [0.29, 0.717) is 18.7 Å². The van der Waals surface area contributed by atoms with E-state index in [-0.39, 0.29) is 60.9 Å². The third-order valence-corrected chi connectivity index (χ3v) is 5.33. The summed E-state index contributed by atoms with van der Waals surface area (Å²) in [5.41, 5.74) is 1.38. The summed E-state index contributed by atoms with van der Waals surface area (Å²) in [5, 5.41) is 5.46. The summed E-state index contributed by atoms with van der Waals surface area (Å²) in [6, 6.07) is 9.98. The van der Waals surface area contributed by atoms with Crippen LogP contribution in [0.2, 0.25) is 0 Å². The van der Waals surface area contributed by atoms with Crippen LogP contribution in [0.3, 0.4) is 0 Å². The van der Waals surface area contributed by atoms with Crippen molar-refractivity contribution in [1.82, 2.24) is 20.5 Å². The average Bonchev–Trinajstić information content (AvgIpc) is 3.30. The van der Waals surface area contributed by atoms with Gasteiger partial charge in [0, 0.05) is 44.1 Å². The van der Waals surface area contributed by atoms with Gasteiger partial charge in [0.05, 0.1) is 18.3 Å². The number of nitrogens with zero attached hydrogens (tertiary/aromatic N) is 2. The molecule has 4 rings (SSSR count). The molecule has 0 atom stereocenters. The number of hydrogen-bond donors (Lipinski definition) is 2. The second-order valence-corrected chi connectivity index (χ2v) is 7.79. The Kier molecular flexibility index (Phi) is 6.95. The number of benzene rings is 2. The number of oxazole rings is 1. The number of rotatable bonds is 7. The Bertz CT molecular complexity index is 1210. The summed E-state index contributed by atoms with van der Waals surface area (Å²) in [7, 11) is 0. The van der Waals surface area contributed by atoms with E-state index in [4.69, 9.17) is 4.42 Å². The Balaban J connectivity index is 1.25. The summed E-state index contributed by atoms with van der Waals surface area (Å²) in [6.45, 7) is 1.22. The molecule has 3 aromatic rings. The molecule has 1 fully saturated rings. The smallest absolute Gasteiger partial charge is 0.254 e. The molecule has 0 bridgehead atoms. The maximum Gasteiger partial charge on any atom is 0.254 e. The van der Waals surface area contributed by atoms with Crippen LogP contribution in [0, 0.1) is 11.6 Å². The van der Waals surface area contributed by atoms with E-state index < -0.39 is 11.6 Å². The lowest BCUT2D eigenvalue weighted by Crippen LogP contribution is -2.49. The van der Waals surface area contributed by atoms with Crippen LogP contribution >= 0.6 is 0 Å². The minimum Gasteiger partial charge on any atom is -0.441 e. The summed E-state index contributed by atoms with van der Waals surface area (Å²) >= 11 is 0. The number of carbonyl (C=O) groups excluding carboxylic acids is 3. The van der Waals surface area contributed by atoms with E-state index in [2.05, 4.69) is 15.6 Å². The number of amides is 3. The third-order valence-electron chi connectivity index (χ3n) is 5.33. The van der Waals surface area contributed by atoms with E-state index in [9.17, 15) is 23.2 Å². The highest BCUT2D eigenvalue weighted by Gasteiger charge is 2.22. The largest absolute Gasteiger partial charge is 0.441 e. The van der Waals surface area contributed by atoms with Gasteiger partial charge in [0.1, 0.15) is 11.6 Å². The fourth-order valence-corrected chi connectivity index (χ4v) is 3.51. The third kappa shape index (κ3) is 5.64. The van der Waals surface area contributed by atoms with E-state index >= 15 is 0 Å². The molecule has 2 N–H and O–H groups in total. The van der Waals surface area contributed by atoms with Crippen LogP contribution in [-0.4, -0.2) is 47.2 Å². The second kappa shape index (κ2) is 10.2. The molecule has 2 heterocycles. The molecule has 0 spiro atoms. The van der Waals surface area contributed by atoms with Gasteiger partial charge in [-0.2, -0.15) is 0 Å². The van der Waals surface area contributed by atoms with Crippen molar-refractivity contribution in [1.29, 1.82) is 0 Å². The van der Waals surface area contributed by atoms with Crippen molar-refractivity contribution in [3.8, 4) is 11.3 Å². The Labute approximate surface area is 194 Å². The first-order valence-corrected chi connectivity index (χ1v) is 10.7. The van der Waals surface area contributed by atoms with Gasteiger partial charge in [-0.1, -0.05) is 12.1 Å². The van der Waals surface area contributed by atoms with Crippen molar-refractivity contribution in [2.75, 3.05) is 19.6 Å². The minimum atomic E-state index is -0.755. The molecule has 1 saturated heterocycles. The van der Waals surface area contributed by atoms with Crippen molar-refractivity contribution < 1.29 is 27.6 Å². The SMILES string of the molecule is O=C(CCc1ncc(-c2ccc(F)cc2F)o1)NCc1ccc(C(=O)N2CCNC(=O)C2)cc1. The Morgan fingerprint density at radius 3 is 2.68 bits per heavy atom. The van der Waals surface area contributed by atoms with Crippen LogP contribution in [0.15, 0.2) is 53.1 Å². The number of nitrogens with one attached hydrogen (secondary N) is 2. The van der Waals surface area contributed by atoms with Gasteiger partial charge >= 0.3 is 0 Å². The maximum absolute atomic E-state index is 13.9. The second-order valence-electron chi connectivity index (χ2n) is 7.79. The van der Waals surface area contributed by atoms with Gasteiger partial charge in [0.15, 0.2) is 11.7 Å². The first-order chi connectivity index (χ1) is 16.4. The highest BCUT2D eigenvalue weighted by atomic mass is 19.1. The van der Waals surface area contributed by atoms with Crippen LogP contribution in [0.5, 0.6) is 0 Å². The molecule has 0 saturated carbocycles. The van der Waals surface area contributed by atoms with Gasteiger partial charge in [-0.05, 0) is 29.8 Å². The quantitative estimate of drug-likeness (QED) is 0.554. The average molecular weight is 468 g/mol. The highest BCUT2D eigenvalue weighted by Crippen LogP contribution is 2.24. The molecular weight excluding hydrogens is 446 g/mol. The molecular formula is C24H22F2N4O4. The van der Waals surface area contributed by atoms with Gasteiger partial charge < -0.3 is 20.0 Å². The standard InChI is InChI=1S/C24H22F2N4O4/c25-17-5-6-18(19(26)11-17)20-13-29-23(34-20)8-7-21(31)28-12-15-1-3-16(4-2-15)24(33)30-10-9-27-22(32)14-30/h1-6,11,13H,7-10,12,14H2,(H,27,32)(H,28,31). The van der Waals surface area contributed by atoms with Gasteiger partial charge in [-0.25, -0.2) is 13.8 Å². The summed E-state index contributed by atoms with van der Waals surface area (Å²) in [5.74, 6) is -1.63. The molecule has 3 amide bonds. The molecule has 1 aromatic heterocycles. The minimum absolute atomic E-state index is 0.0432. The molecule has 176 valence electrons. The zero-order chi connectivity index (χ0) is 24.1. The zero-order valence-corrected chi connectivity index (χ0v) is 18.1. The normalized spacial score (nSPS) is 13.5. The number of aryl methyl sites for hydroxylation is 1. The Morgan fingerprint density at radius 1 is 1.15 bits per heavy atom. The number of carbonyl (C=O) groups is 3. The van der Waals surface area contributed by atoms with Crippen molar-refractivity contribution >= 4 is 17.7 Å². The summed E-state index contributed by atoms with van der Waals surface area (Å²) < 4.78 is 32.4. The van der Waals surface area contributed by atoms with E-state index in [0.717, 1.165) is 17.7 Å². The topological polar surface area (TPSA) is 105 Å². The first-order valence-electron chi connectivity index (χ1n) is 10.7. The zero-order valence-electron chi connectivity index (χ0n) is 18.1. The van der Waals surface area contributed by atoms with Crippen molar-refractivity contribution in [2.24, 2.45) is 0 Å². The molecule has 8 nitrogen and oxygen atoms in total. The molecule has 1 aliphatic rings. The molecule has 10 heteroatoms. The lowest BCUT2D eigenvalue weighted by Gasteiger charge is -2.26. The predicted molar refractivity (Wildman–Crippen MR) is 117 cm³/mol. The van der Waals surface area contributed by atoms with Gasteiger partial charge in [0.2, 0.25) is 11.8 Å². The molecule has 0 aliphatic carbocycles. The summed E-state index contributed by atoms with van der Waals surface area (Å²) in [4.78, 5) is 41.7. The van der Waals surface area contributed by atoms with Crippen molar-refractivity contribution in [3.63, 3.8) is 0 Å². The van der Waals surface area contributed by atoms with Crippen LogP contribution in [0.1, 0.15) is 28.2 Å². The lowest BCUT2D eigenvalue weighted by atomic mass is 10.1. The van der Waals surface area contributed by atoms with Crippen molar-refractivity contribution in [3.05, 3.63) is 77.3 Å². The van der Waals surface area contributed by atoms with Gasteiger partial charge in [-0.3, -0.25) is 14.4 Å². The van der Waals surface area contributed by atoms with Crippen LogP contribution in [0.4, 0.5) is 8.78 Å². The maximum atomic E-state index is 13.9. The van der Waals surface area contributed by atoms with Gasteiger partial charge in [0.25, 0.3) is 5.91 Å². The number of aromatic nitrogens is 1. The lowest BCUT2D eigenvalue weighted by molar-refractivity contribution is -0.123. The fourth-order valence-electron chi connectivity index (χ4n) is 3.51. The summed E-state index contributed by atoms with van der Waals surface area (Å²) in [6.07, 6.45) is 1.66. The van der Waals surface area contributed by atoms with E-state index in [1.165, 1.54) is 17.2 Å². The Morgan fingerprint density at radius 2 is 1.94 bits per heavy atom. The fraction of sp³-hybridized carbons (Fsp3) is 0.250. The van der Waals surface area contributed by atoms with E-state index in [1.807, 2.05) is 0 Å². The first kappa shape index (κ1) is 23.1. The number of hydrogen-bond acceptors (Lipinski definition) is 5. The monoisotopic (exact) mass is 468 g/mol. The predicted octanol–water partition coefficient (Wildman–Crippen LogP) is 2.44. The van der Waals surface area contributed by atoms with Crippen molar-refractivity contribution in [2.45, 2.75) is 19.4 Å². The van der Waals surface area contributed by atoms with E-state index in [1.54, 1.807) is 24.3 Å². The van der Waals surface area contributed by atoms with Crippen LogP contribution in [0.25, 0.3) is 11.3 Å². The molecule has 0 radical (unpaired) electrons. The molecule has 34 heavy (non-hydrogen) atoms. The Hall–Kier alpha value is -4.08. The van der Waals surface area contributed by atoms with Crippen LogP contribution in [-0.2, 0) is 22.6 Å². The molecule has 2 aromatic carbocycles. The van der Waals surface area contributed by atoms with Gasteiger partial charge in [-0.15, -0.1) is 0 Å².